The van der Waals surface area contributed by atoms with Crippen molar-refractivity contribution in [2.75, 3.05) is 32.8 Å². The zero-order chi connectivity index (χ0) is 34.1. The molecule has 5 aliphatic rings. The molecule has 0 radical (unpaired) electrons. The van der Waals surface area contributed by atoms with Crippen molar-refractivity contribution in [3.63, 3.8) is 0 Å². The zero-order valence-electron chi connectivity index (χ0n) is 28.5. The molecular formula is C40H51N3O6. The van der Waals surface area contributed by atoms with Crippen molar-refractivity contribution in [3.8, 4) is 0 Å². The molecule has 3 aliphatic carbocycles. The average Bonchev–Trinajstić information content (AvgIpc) is 3.89. The second-order valence-corrected chi connectivity index (χ2v) is 15.3. The van der Waals surface area contributed by atoms with Gasteiger partial charge in [-0.3, -0.25) is 14.4 Å². The molecule has 2 aromatic rings. The van der Waals surface area contributed by atoms with Crippen LogP contribution in [0.15, 0.2) is 72.8 Å². The lowest BCUT2D eigenvalue weighted by Gasteiger charge is -2.37. The van der Waals surface area contributed by atoms with Gasteiger partial charge in [0.05, 0.1) is 54.8 Å². The maximum absolute atomic E-state index is 14.6. The van der Waals surface area contributed by atoms with Gasteiger partial charge in [-0.25, -0.2) is 0 Å². The number of fused-ring (bicyclic) bond motifs is 2. The van der Waals surface area contributed by atoms with Crippen molar-refractivity contribution in [2.24, 2.45) is 35.0 Å². The molecule has 2 heterocycles. The number of carbonyl (C=O) groups excluding carboxylic acids is 3. The Morgan fingerprint density at radius 3 is 2.24 bits per heavy atom. The first-order chi connectivity index (χ1) is 23.7. The maximum atomic E-state index is 14.6. The van der Waals surface area contributed by atoms with E-state index in [0.29, 0.717) is 58.5 Å². The third-order valence-corrected chi connectivity index (χ3v) is 12.2. The van der Waals surface area contributed by atoms with E-state index in [1.165, 1.54) is 0 Å². The van der Waals surface area contributed by atoms with Crippen LogP contribution in [0.3, 0.4) is 0 Å². The van der Waals surface area contributed by atoms with E-state index in [-0.39, 0.29) is 47.9 Å². The number of aliphatic hydroxyl groups excluding tert-OH is 2. The lowest BCUT2D eigenvalue weighted by molar-refractivity contribution is -0.146. The zero-order valence-corrected chi connectivity index (χ0v) is 28.5. The number of nitrogens with zero attached hydrogens (tertiary/aromatic N) is 2. The molecule has 4 fully saturated rings. The smallest absolute Gasteiger partial charge is 0.229 e. The van der Waals surface area contributed by atoms with Gasteiger partial charge in [0.1, 0.15) is 0 Å². The highest BCUT2D eigenvalue weighted by Gasteiger charge is 2.55. The molecule has 10 atom stereocenters. The normalized spacial score (nSPS) is 33.6. The van der Waals surface area contributed by atoms with E-state index in [0.717, 1.165) is 24.0 Å². The first-order valence-corrected chi connectivity index (χ1v) is 18.3. The summed E-state index contributed by atoms with van der Waals surface area (Å²) in [6.45, 7) is 4.71. The minimum Gasteiger partial charge on any atom is -0.391 e. The number of allylic oxidation sites excluding steroid dienone is 2. The Bertz CT molecular complexity index is 1500. The lowest BCUT2D eigenvalue weighted by atomic mass is 9.74. The summed E-state index contributed by atoms with van der Waals surface area (Å²) >= 11 is 0. The maximum Gasteiger partial charge on any atom is 0.229 e. The van der Waals surface area contributed by atoms with Crippen LogP contribution in [0.5, 0.6) is 0 Å². The van der Waals surface area contributed by atoms with E-state index in [2.05, 4.69) is 24.4 Å². The van der Waals surface area contributed by atoms with Crippen LogP contribution in [0.2, 0.25) is 0 Å². The Morgan fingerprint density at radius 2 is 1.59 bits per heavy atom. The van der Waals surface area contributed by atoms with Gasteiger partial charge >= 0.3 is 0 Å². The van der Waals surface area contributed by atoms with Crippen molar-refractivity contribution in [1.82, 2.24) is 15.1 Å². The summed E-state index contributed by atoms with van der Waals surface area (Å²) in [6.07, 6.45) is 6.55. The molecule has 2 saturated carbocycles. The van der Waals surface area contributed by atoms with Gasteiger partial charge in [-0.2, -0.15) is 0 Å². The highest BCUT2D eigenvalue weighted by Crippen LogP contribution is 2.49. The van der Waals surface area contributed by atoms with Crippen LogP contribution in [-0.2, 0) is 32.0 Å². The van der Waals surface area contributed by atoms with Crippen LogP contribution < -0.4 is 5.32 Å². The van der Waals surface area contributed by atoms with Crippen LogP contribution in [0.4, 0.5) is 0 Å². The van der Waals surface area contributed by atoms with E-state index < -0.39 is 35.5 Å². The van der Waals surface area contributed by atoms with Crippen LogP contribution in [-0.4, -0.2) is 94.9 Å². The molecule has 49 heavy (non-hydrogen) atoms. The summed E-state index contributed by atoms with van der Waals surface area (Å²) in [4.78, 5) is 46.5. The van der Waals surface area contributed by atoms with Crippen molar-refractivity contribution in [1.29, 1.82) is 0 Å². The molecule has 262 valence electrons. The molecule has 2 bridgehead atoms. The van der Waals surface area contributed by atoms with Crippen LogP contribution in [0.25, 0.3) is 0 Å². The molecule has 9 heteroatoms. The number of morpholine rings is 1. The predicted octanol–water partition coefficient (Wildman–Crippen LogP) is 3.38. The molecule has 3 N–H and O–H groups in total. The minimum atomic E-state index is -1.02. The molecule has 9 nitrogen and oxygen atoms in total. The van der Waals surface area contributed by atoms with Crippen LogP contribution in [0.1, 0.15) is 50.2 Å². The number of rotatable bonds is 11. The molecule has 0 spiro atoms. The van der Waals surface area contributed by atoms with E-state index in [1.54, 1.807) is 0 Å². The fourth-order valence-electron chi connectivity index (χ4n) is 9.70. The fourth-order valence-corrected chi connectivity index (χ4v) is 9.70. The number of aliphatic hydroxyl groups is 2. The first-order valence-electron chi connectivity index (χ1n) is 18.3. The van der Waals surface area contributed by atoms with Gasteiger partial charge in [0.15, 0.2) is 0 Å². The first kappa shape index (κ1) is 33.9. The molecule has 0 aromatic heterocycles. The number of hydrogen-bond acceptors (Lipinski definition) is 6. The van der Waals surface area contributed by atoms with Gasteiger partial charge in [0.25, 0.3) is 0 Å². The van der Waals surface area contributed by atoms with E-state index in [4.69, 9.17) is 4.74 Å². The van der Waals surface area contributed by atoms with E-state index in [1.807, 2.05) is 70.5 Å². The monoisotopic (exact) mass is 669 g/mol. The Kier molecular flexibility index (Phi) is 9.95. The number of likely N-dealkylation sites (tertiary alicyclic amines) is 1. The SMILES string of the molecule is CC1CCC(O)C1N1CCC(Cc2ccccc2)(CC(O)C(Cc2ccccc2)NC(=O)C2C3C=CC(C3)C2C(=O)N2CCOCC2)C1=O. The van der Waals surface area contributed by atoms with Gasteiger partial charge < -0.3 is 30.1 Å². The fraction of sp³-hybridized carbons (Fsp3) is 0.575. The summed E-state index contributed by atoms with van der Waals surface area (Å²) < 4.78 is 5.48. The van der Waals surface area contributed by atoms with Gasteiger partial charge in [-0.15, -0.1) is 0 Å². The van der Waals surface area contributed by atoms with E-state index >= 15 is 0 Å². The third-order valence-electron chi connectivity index (χ3n) is 12.2. The summed E-state index contributed by atoms with van der Waals surface area (Å²) in [5.41, 5.74) is 1.11. The minimum absolute atomic E-state index is 0.0160. The summed E-state index contributed by atoms with van der Waals surface area (Å²) in [5.74, 6) is -0.954. The Morgan fingerprint density at radius 1 is 0.939 bits per heavy atom. The molecule has 3 amide bonds. The van der Waals surface area contributed by atoms with Crippen molar-refractivity contribution in [3.05, 3.63) is 83.9 Å². The molecule has 2 saturated heterocycles. The van der Waals surface area contributed by atoms with Gasteiger partial charge in [-0.05, 0) is 73.8 Å². The predicted molar refractivity (Wildman–Crippen MR) is 185 cm³/mol. The van der Waals surface area contributed by atoms with Crippen molar-refractivity contribution in [2.45, 2.75) is 76.2 Å². The molecular weight excluding hydrogens is 618 g/mol. The molecule has 2 aliphatic heterocycles. The largest absolute Gasteiger partial charge is 0.391 e. The standard InChI is InChI=1S/C40H51N3O6/c1-26-12-15-32(44)36(26)43-17-16-40(39(43)48,24-28-10-6-3-7-11-28)25-33(45)31(22-27-8-4-2-5-9-27)41-37(46)34-29-13-14-30(23-29)35(34)38(47)42-18-20-49-21-19-42/h2-11,13-14,26,29-36,44-45H,12,15-25H2,1H3,(H,41,46). The molecule has 2 aromatic carbocycles. The molecule has 10 unspecified atom stereocenters. The van der Waals surface area contributed by atoms with Gasteiger partial charge in [-0.1, -0.05) is 79.7 Å². The number of nitrogens with one attached hydrogen (secondary N) is 1. The number of ether oxygens (including phenoxy) is 1. The highest BCUT2D eigenvalue weighted by molar-refractivity contribution is 5.90. The summed E-state index contributed by atoms with van der Waals surface area (Å²) in [6, 6.07) is 18.9. The van der Waals surface area contributed by atoms with Gasteiger partial charge in [0, 0.05) is 19.6 Å². The third kappa shape index (κ3) is 6.82. The molecule has 7 rings (SSSR count). The van der Waals surface area contributed by atoms with Gasteiger partial charge in [0.2, 0.25) is 17.7 Å². The van der Waals surface area contributed by atoms with E-state index in [9.17, 15) is 24.6 Å². The number of carbonyl (C=O) groups is 3. The number of benzene rings is 2. The van der Waals surface area contributed by atoms with Crippen LogP contribution in [0, 0.1) is 35.0 Å². The Hall–Kier alpha value is -3.53. The quantitative estimate of drug-likeness (QED) is 0.316. The lowest BCUT2D eigenvalue weighted by Crippen LogP contribution is -2.54. The highest BCUT2D eigenvalue weighted by atomic mass is 16.5. The Labute approximate surface area is 289 Å². The Balaban J connectivity index is 1.15. The number of hydrogen-bond donors (Lipinski definition) is 3. The van der Waals surface area contributed by atoms with Crippen LogP contribution >= 0.6 is 0 Å². The second kappa shape index (κ2) is 14.4. The van der Waals surface area contributed by atoms with Crippen molar-refractivity contribution < 1.29 is 29.3 Å². The topological polar surface area (TPSA) is 119 Å². The summed E-state index contributed by atoms with van der Waals surface area (Å²) in [7, 11) is 0. The summed E-state index contributed by atoms with van der Waals surface area (Å²) in [5, 5.41) is 26.4. The second-order valence-electron chi connectivity index (χ2n) is 15.3. The van der Waals surface area contributed by atoms with Crippen molar-refractivity contribution >= 4 is 17.7 Å². The number of amides is 3. The average molecular weight is 670 g/mol.